The Hall–Kier alpha value is -1.22. The summed E-state index contributed by atoms with van der Waals surface area (Å²) in [5, 5.41) is 0. The molecule has 0 fully saturated rings. The molecule has 0 saturated carbocycles. The molecular formula is C12H14O2S. The fourth-order valence-electron chi connectivity index (χ4n) is 1.52. The van der Waals surface area contributed by atoms with E-state index in [1.54, 1.807) is 11.3 Å². The van der Waals surface area contributed by atoms with Crippen LogP contribution in [0.25, 0.3) is 12.2 Å². The molecule has 2 nitrogen and oxygen atoms in total. The highest BCUT2D eigenvalue weighted by Crippen LogP contribution is 2.45. The van der Waals surface area contributed by atoms with Gasteiger partial charge in [-0.1, -0.05) is 12.2 Å². The second-order valence-electron chi connectivity index (χ2n) is 3.19. The zero-order valence-electron chi connectivity index (χ0n) is 8.95. The Bertz CT molecular complexity index is 365. The van der Waals surface area contributed by atoms with Crippen molar-refractivity contribution in [2.45, 2.75) is 13.8 Å². The third kappa shape index (κ3) is 1.92. The molecule has 0 spiro atoms. The van der Waals surface area contributed by atoms with E-state index in [2.05, 4.69) is 12.2 Å². The van der Waals surface area contributed by atoms with Gasteiger partial charge in [0.2, 0.25) is 0 Å². The van der Waals surface area contributed by atoms with Crippen molar-refractivity contribution in [3.63, 3.8) is 0 Å². The molecule has 3 heteroatoms. The third-order valence-electron chi connectivity index (χ3n) is 2.09. The lowest BCUT2D eigenvalue weighted by molar-refractivity contribution is 0.173. The molecule has 0 aliphatic carbocycles. The standard InChI is InChI=1S/C12H14O2S/c1-3-5-9-11-12(14-8-7-13-11)10(15-9)6-4-2/h3-6H,7-8H2,1-2H3/b5-3+,6-4+. The first-order valence-electron chi connectivity index (χ1n) is 5.04. The Balaban J connectivity index is 2.49. The SMILES string of the molecule is C/C=C/c1sc(/C=C/C)c2c1OCCO2. The smallest absolute Gasteiger partial charge is 0.179 e. The summed E-state index contributed by atoms with van der Waals surface area (Å²) in [6, 6.07) is 0. The second kappa shape index (κ2) is 4.53. The molecule has 0 aromatic carbocycles. The van der Waals surface area contributed by atoms with E-state index in [9.17, 15) is 0 Å². The van der Waals surface area contributed by atoms with Crippen molar-refractivity contribution in [3.8, 4) is 11.5 Å². The summed E-state index contributed by atoms with van der Waals surface area (Å²) in [7, 11) is 0. The Morgan fingerprint density at radius 2 is 1.40 bits per heavy atom. The Morgan fingerprint density at radius 3 is 1.80 bits per heavy atom. The number of fused-ring (bicyclic) bond motifs is 1. The van der Waals surface area contributed by atoms with Crippen LogP contribution in [0.2, 0.25) is 0 Å². The van der Waals surface area contributed by atoms with E-state index in [1.807, 2.05) is 26.0 Å². The van der Waals surface area contributed by atoms with Crippen molar-refractivity contribution in [2.75, 3.05) is 13.2 Å². The second-order valence-corrected chi connectivity index (χ2v) is 4.27. The van der Waals surface area contributed by atoms with E-state index in [-0.39, 0.29) is 0 Å². The van der Waals surface area contributed by atoms with Crippen molar-refractivity contribution in [2.24, 2.45) is 0 Å². The van der Waals surface area contributed by atoms with Crippen molar-refractivity contribution in [1.29, 1.82) is 0 Å². The van der Waals surface area contributed by atoms with Crippen LogP contribution in [0.1, 0.15) is 23.6 Å². The Kier molecular flexibility index (Phi) is 3.11. The zero-order chi connectivity index (χ0) is 10.7. The Labute approximate surface area is 93.8 Å². The molecule has 1 aliphatic rings. The summed E-state index contributed by atoms with van der Waals surface area (Å²) in [6.45, 7) is 5.30. The lowest BCUT2D eigenvalue weighted by Crippen LogP contribution is -2.14. The molecular weight excluding hydrogens is 208 g/mol. The van der Waals surface area contributed by atoms with Crippen LogP contribution < -0.4 is 9.47 Å². The van der Waals surface area contributed by atoms with Crippen LogP contribution in [0.4, 0.5) is 0 Å². The highest BCUT2D eigenvalue weighted by molar-refractivity contribution is 7.14. The maximum absolute atomic E-state index is 5.63. The summed E-state index contributed by atoms with van der Waals surface area (Å²) < 4.78 is 11.3. The van der Waals surface area contributed by atoms with Crippen molar-refractivity contribution < 1.29 is 9.47 Å². The van der Waals surface area contributed by atoms with Gasteiger partial charge in [0, 0.05) is 0 Å². The first kappa shape index (κ1) is 10.3. The fourth-order valence-corrected chi connectivity index (χ4v) is 2.65. The minimum atomic E-state index is 0.642. The van der Waals surface area contributed by atoms with Crippen LogP contribution in [0.15, 0.2) is 12.2 Å². The topological polar surface area (TPSA) is 18.5 Å². The van der Waals surface area contributed by atoms with Crippen molar-refractivity contribution in [3.05, 3.63) is 21.9 Å². The van der Waals surface area contributed by atoms with Gasteiger partial charge < -0.3 is 9.47 Å². The summed E-state index contributed by atoms with van der Waals surface area (Å²) >= 11 is 1.70. The molecule has 0 atom stereocenters. The van der Waals surface area contributed by atoms with Crippen LogP contribution in [0.3, 0.4) is 0 Å². The van der Waals surface area contributed by atoms with E-state index in [0.717, 1.165) is 21.3 Å². The number of ether oxygens (including phenoxy) is 2. The number of hydrogen-bond donors (Lipinski definition) is 0. The highest BCUT2D eigenvalue weighted by atomic mass is 32.1. The van der Waals surface area contributed by atoms with Crippen molar-refractivity contribution in [1.82, 2.24) is 0 Å². The Morgan fingerprint density at radius 1 is 0.933 bits per heavy atom. The summed E-state index contributed by atoms with van der Waals surface area (Å²) in [5.41, 5.74) is 0. The molecule has 15 heavy (non-hydrogen) atoms. The average Bonchev–Trinajstić information content (AvgIpc) is 2.59. The highest BCUT2D eigenvalue weighted by Gasteiger charge is 2.21. The van der Waals surface area contributed by atoms with E-state index >= 15 is 0 Å². The molecule has 1 aromatic rings. The van der Waals surface area contributed by atoms with Crippen molar-refractivity contribution >= 4 is 23.5 Å². The van der Waals surface area contributed by atoms with E-state index in [1.165, 1.54) is 0 Å². The van der Waals surface area contributed by atoms with Gasteiger partial charge in [0.15, 0.2) is 11.5 Å². The number of hydrogen-bond acceptors (Lipinski definition) is 3. The van der Waals surface area contributed by atoms with Gasteiger partial charge in [0.1, 0.15) is 13.2 Å². The van der Waals surface area contributed by atoms with Crippen LogP contribution in [-0.2, 0) is 0 Å². The zero-order valence-corrected chi connectivity index (χ0v) is 9.76. The lowest BCUT2D eigenvalue weighted by atomic mass is 10.3. The average molecular weight is 222 g/mol. The summed E-state index contributed by atoms with van der Waals surface area (Å²) in [4.78, 5) is 2.28. The van der Waals surface area contributed by atoms with Gasteiger partial charge in [-0.3, -0.25) is 0 Å². The summed E-state index contributed by atoms with van der Waals surface area (Å²) in [5.74, 6) is 1.80. The first-order valence-corrected chi connectivity index (χ1v) is 5.86. The predicted molar refractivity (Wildman–Crippen MR) is 64.7 cm³/mol. The summed E-state index contributed by atoms with van der Waals surface area (Å²) in [6.07, 6.45) is 8.16. The minimum absolute atomic E-state index is 0.642. The third-order valence-corrected chi connectivity index (χ3v) is 3.17. The van der Waals surface area contributed by atoms with Gasteiger partial charge in [-0.15, -0.1) is 11.3 Å². The largest absolute Gasteiger partial charge is 0.485 e. The van der Waals surface area contributed by atoms with Gasteiger partial charge in [-0.05, 0) is 26.0 Å². The van der Waals surface area contributed by atoms with Crippen LogP contribution >= 0.6 is 11.3 Å². The number of thiophene rings is 1. The molecule has 0 N–H and O–H groups in total. The minimum Gasteiger partial charge on any atom is -0.485 e. The van der Waals surface area contributed by atoms with E-state index in [0.29, 0.717) is 13.2 Å². The molecule has 0 amide bonds. The van der Waals surface area contributed by atoms with Crippen LogP contribution in [0.5, 0.6) is 11.5 Å². The quantitative estimate of drug-likeness (QED) is 0.761. The molecule has 80 valence electrons. The fraction of sp³-hybridized carbons (Fsp3) is 0.333. The number of allylic oxidation sites excluding steroid dienone is 2. The maximum atomic E-state index is 5.63. The molecule has 1 aromatic heterocycles. The lowest BCUT2D eigenvalue weighted by Gasteiger charge is -2.16. The van der Waals surface area contributed by atoms with Crippen LogP contribution in [0, 0.1) is 0 Å². The molecule has 2 rings (SSSR count). The molecule has 2 heterocycles. The van der Waals surface area contributed by atoms with Gasteiger partial charge in [-0.2, -0.15) is 0 Å². The van der Waals surface area contributed by atoms with Gasteiger partial charge in [0.25, 0.3) is 0 Å². The molecule has 0 unspecified atom stereocenters. The van der Waals surface area contributed by atoms with E-state index < -0.39 is 0 Å². The monoisotopic (exact) mass is 222 g/mol. The first-order chi connectivity index (χ1) is 7.36. The van der Waals surface area contributed by atoms with Gasteiger partial charge in [0.05, 0.1) is 9.75 Å². The predicted octanol–water partition coefficient (Wildman–Crippen LogP) is 3.59. The normalized spacial score (nSPS) is 15.3. The number of rotatable bonds is 2. The van der Waals surface area contributed by atoms with Gasteiger partial charge in [-0.25, -0.2) is 0 Å². The maximum Gasteiger partial charge on any atom is 0.179 e. The molecule has 0 bridgehead atoms. The van der Waals surface area contributed by atoms with Gasteiger partial charge >= 0.3 is 0 Å². The molecule has 1 aliphatic heterocycles. The molecule has 0 radical (unpaired) electrons. The van der Waals surface area contributed by atoms with Crippen LogP contribution in [-0.4, -0.2) is 13.2 Å². The van der Waals surface area contributed by atoms with E-state index in [4.69, 9.17) is 9.47 Å². The molecule has 0 saturated heterocycles.